The van der Waals surface area contributed by atoms with Crippen LogP contribution in [-0.4, -0.2) is 50.4 Å². The minimum absolute atomic E-state index is 0.0176. The molecule has 1 aliphatic rings. The second kappa shape index (κ2) is 6.28. The summed E-state index contributed by atoms with van der Waals surface area (Å²) in [4.78, 5) is 14.4. The number of amides is 1. The Morgan fingerprint density at radius 3 is 2.50 bits per heavy atom. The molecule has 1 saturated heterocycles. The van der Waals surface area contributed by atoms with Crippen molar-refractivity contribution in [1.29, 1.82) is 0 Å². The maximum atomic E-state index is 12.7. The van der Waals surface area contributed by atoms with Gasteiger partial charge in [0.25, 0.3) is 5.91 Å². The van der Waals surface area contributed by atoms with Gasteiger partial charge in [-0.05, 0) is 56.5 Å². The summed E-state index contributed by atoms with van der Waals surface area (Å²) in [5, 5.41) is 27.3. The van der Waals surface area contributed by atoms with Crippen molar-refractivity contribution >= 4 is 5.91 Å². The molecular weight excluding hydrogens is 306 g/mol. The number of hydrogen-bond acceptors (Lipinski definition) is 4. The third-order valence-electron chi connectivity index (χ3n) is 4.66. The van der Waals surface area contributed by atoms with Crippen molar-refractivity contribution in [2.75, 3.05) is 13.1 Å². The van der Waals surface area contributed by atoms with E-state index in [-0.39, 0.29) is 17.6 Å². The van der Waals surface area contributed by atoms with E-state index in [1.165, 1.54) is 0 Å². The number of likely N-dealkylation sites (tertiary alicyclic amines) is 1. The molecule has 1 aliphatic heterocycles. The molecule has 1 fully saturated rings. The van der Waals surface area contributed by atoms with Crippen LogP contribution in [0.15, 0.2) is 18.2 Å². The summed E-state index contributed by atoms with van der Waals surface area (Å²) in [6.07, 6.45) is 0.0911. The molecule has 6 nitrogen and oxygen atoms in total. The van der Waals surface area contributed by atoms with Crippen LogP contribution in [0.25, 0.3) is 0 Å². The molecule has 0 spiro atoms. The summed E-state index contributed by atoms with van der Waals surface area (Å²) in [6.45, 7) is 6.32. The van der Waals surface area contributed by atoms with Crippen LogP contribution in [0.3, 0.4) is 0 Å². The van der Waals surface area contributed by atoms with Crippen molar-refractivity contribution in [2.45, 2.75) is 33.3 Å². The van der Waals surface area contributed by atoms with Gasteiger partial charge in [-0.2, -0.15) is 5.10 Å². The van der Waals surface area contributed by atoms with Gasteiger partial charge < -0.3 is 15.1 Å². The Hall–Kier alpha value is -2.34. The van der Waals surface area contributed by atoms with Gasteiger partial charge in [-0.1, -0.05) is 0 Å². The van der Waals surface area contributed by atoms with Crippen LogP contribution in [0.1, 0.15) is 32.9 Å². The second-order valence-electron chi connectivity index (χ2n) is 6.74. The van der Waals surface area contributed by atoms with Gasteiger partial charge >= 0.3 is 0 Å². The van der Waals surface area contributed by atoms with E-state index < -0.39 is 6.10 Å². The van der Waals surface area contributed by atoms with Crippen LogP contribution in [0.5, 0.6) is 5.75 Å². The Balaban J connectivity index is 1.73. The zero-order valence-electron chi connectivity index (χ0n) is 14.2. The van der Waals surface area contributed by atoms with Gasteiger partial charge in [0, 0.05) is 30.3 Å². The number of aliphatic hydroxyl groups is 1. The number of rotatable bonds is 3. The minimum Gasteiger partial charge on any atom is -0.507 e. The first kappa shape index (κ1) is 16.5. The van der Waals surface area contributed by atoms with E-state index in [2.05, 4.69) is 10.2 Å². The molecule has 6 heteroatoms. The molecule has 3 rings (SSSR count). The number of carbonyl (C=O) groups is 1. The monoisotopic (exact) mass is 329 g/mol. The Morgan fingerprint density at radius 2 is 1.92 bits per heavy atom. The first-order valence-corrected chi connectivity index (χ1v) is 8.13. The van der Waals surface area contributed by atoms with Gasteiger partial charge in [0.05, 0.1) is 11.8 Å². The number of hydrogen-bond donors (Lipinski definition) is 3. The molecule has 1 amide bonds. The normalized spacial score (nSPS) is 20.6. The highest BCUT2D eigenvalue weighted by Crippen LogP contribution is 2.26. The number of phenolic OH excluding ortho intramolecular Hbond substituents is 1. The van der Waals surface area contributed by atoms with Gasteiger partial charge in [-0.25, -0.2) is 0 Å². The molecule has 0 aliphatic carbocycles. The number of carbonyl (C=O) groups excluding carboxylic acids is 1. The molecule has 2 aromatic rings. The van der Waals surface area contributed by atoms with E-state index in [9.17, 15) is 15.0 Å². The van der Waals surface area contributed by atoms with Crippen molar-refractivity contribution in [1.82, 2.24) is 15.1 Å². The molecule has 1 aromatic carbocycles. The summed E-state index contributed by atoms with van der Waals surface area (Å²) in [6, 6.07) is 5.35. The first-order valence-electron chi connectivity index (χ1n) is 8.13. The number of aromatic hydroxyl groups is 1. The second-order valence-corrected chi connectivity index (χ2v) is 6.74. The topological polar surface area (TPSA) is 89.5 Å². The Bertz CT molecular complexity index is 746. The molecule has 2 heterocycles. The number of nitrogens with one attached hydrogen (secondary N) is 1. The number of aliphatic hydroxyl groups excluding tert-OH is 1. The quantitative estimate of drug-likeness (QED) is 0.800. The molecule has 0 saturated carbocycles. The van der Waals surface area contributed by atoms with Gasteiger partial charge in [0.2, 0.25) is 0 Å². The van der Waals surface area contributed by atoms with Crippen molar-refractivity contribution < 1.29 is 15.0 Å². The lowest BCUT2D eigenvalue weighted by Gasteiger charge is -2.17. The van der Waals surface area contributed by atoms with Crippen molar-refractivity contribution in [2.24, 2.45) is 5.92 Å². The standard InChI is InChI=1S/C18H23N3O3/c1-10-4-13(5-11(2)17(10)23)18(24)21-8-14(16(22)9-21)7-15-6-12(3)19-20-15/h4-6,14,16,22-23H,7-9H2,1-3H3,(H,19,20)/t14-,16-/m1/s1. The van der Waals surface area contributed by atoms with Crippen LogP contribution < -0.4 is 0 Å². The molecule has 0 bridgehead atoms. The van der Waals surface area contributed by atoms with Crippen LogP contribution in [0, 0.1) is 26.7 Å². The van der Waals surface area contributed by atoms with E-state index in [4.69, 9.17) is 0 Å². The van der Waals surface area contributed by atoms with Crippen molar-refractivity contribution in [3.05, 3.63) is 46.3 Å². The number of aromatic nitrogens is 2. The molecule has 2 atom stereocenters. The van der Waals surface area contributed by atoms with E-state index >= 15 is 0 Å². The fourth-order valence-electron chi connectivity index (χ4n) is 3.33. The molecule has 3 N–H and O–H groups in total. The number of phenols is 1. The highest BCUT2D eigenvalue weighted by atomic mass is 16.3. The lowest BCUT2D eigenvalue weighted by Crippen LogP contribution is -2.29. The molecule has 0 unspecified atom stereocenters. The summed E-state index contributed by atoms with van der Waals surface area (Å²) < 4.78 is 0. The number of aromatic amines is 1. The van der Waals surface area contributed by atoms with Crippen molar-refractivity contribution in [3.63, 3.8) is 0 Å². The molecule has 24 heavy (non-hydrogen) atoms. The summed E-state index contributed by atoms with van der Waals surface area (Å²) in [5.74, 6) is 0.0942. The van der Waals surface area contributed by atoms with Crippen LogP contribution in [0.2, 0.25) is 0 Å². The highest BCUT2D eigenvalue weighted by molar-refractivity contribution is 5.95. The molecule has 1 aromatic heterocycles. The average molecular weight is 329 g/mol. The third kappa shape index (κ3) is 3.14. The number of benzene rings is 1. The van der Waals surface area contributed by atoms with Gasteiger partial charge in [-0.3, -0.25) is 9.89 Å². The Labute approximate surface area is 141 Å². The van der Waals surface area contributed by atoms with E-state index in [1.807, 2.05) is 13.0 Å². The van der Waals surface area contributed by atoms with E-state index in [1.54, 1.807) is 30.9 Å². The zero-order valence-corrected chi connectivity index (χ0v) is 14.2. The number of β-amino-alcohol motifs (C(OH)–C–C–N with tert-alkyl or cyclic N) is 1. The van der Waals surface area contributed by atoms with Gasteiger partial charge in [0.1, 0.15) is 5.75 Å². The van der Waals surface area contributed by atoms with E-state index in [0.717, 1.165) is 11.4 Å². The fourth-order valence-corrected chi connectivity index (χ4v) is 3.33. The number of nitrogens with zero attached hydrogens (tertiary/aromatic N) is 2. The lowest BCUT2D eigenvalue weighted by molar-refractivity contribution is 0.0764. The lowest BCUT2D eigenvalue weighted by atomic mass is 10.00. The zero-order chi connectivity index (χ0) is 17.4. The van der Waals surface area contributed by atoms with Crippen LogP contribution >= 0.6 is 0 Å². The maximum Gasteiger partial charge on any atom is 0.253 e. The molecule has 0 radical (unpaired) electrons. The maximum absolute atomic E-state index is 12.7. The van der Waals surface area contributed by atoms with Gasteiger partial charge in [-0.15, -0.1) is 0 Å². The predicted octanol–water partition coefficient (Wildman–Crippen LogP) is 1.72. The highest BCUT2D eigenvalue weighted by Gasteiger charge is 2.35. The summed E-state index contributed by atoms with van der Waals surface area (Å²) in [7, 11) is 0. The number of aryl methyl sites for hydroxylation is 3. The SMILES string of the molecule is Cc1cc(C[C@@H]2CN(C(=O)c3cc(C)c(O)c(C)c3)C[C@H]2O)n[nH]1. The average Bonchev–Trinajstić information content (AvgIpc) is 3.10. The smallest absolute Gasteiger partial charge is 0.253 e. The summed E-state index contributed by atoms with van der Waals surface area (Å²) in [5.41, 5.74) is 3.80. The summed E-state index contributed by atoms with van der Waals surface area (Å²) >= 11 is 0. The number of H-pyrrole nitrogens is 1. The van der Waals surface area contributed by atoms with Gasteiger partial charge in [0.15, 0.2) is 0 Å². The molecule has 128 valence electrons. The minimum atomic E-state index is -0.551. The Morgan fingerprint density at radius 1 is 1.25 bits per heavy atom. The fraction of sp³-hybridized carbons (Fsp3) is 0.444. The first-order chi connectivity index (χ1) is 11.3. The molecular formula is C18H23N3O3. The van der Waals surface area contributed by atoms with E-state index in [0.29, 0.717) is 36.2 Å². The largest absolute Gasteiger partial charge is 0.507 e. The Kier molecular flexibility index (Phi) is 4.32. The van der Waals surface area contributed by atoms with Crippen LogP contribution in [0.4, 0.5) is 0 Å². The van der Waals surface area contributed by atoms with Crippen LogP contribution in [-0.2, 0) is 6.42 Å². The third-order valence-corrected chi connectivity index (χ3v) is 4.66. The van der Waals surface area contributed by atoms with Crippen molar-refractivity contribution in [3.8, 4) is 5.75 Å². The predicted molar refractivity (Wildman–Crippen MR) is 90.0 cm³/mol.